The lowest BCUT2D eigenvalue weighted by molar-refractivity contribution is -0.304. The van der Waals surface area contributed by atoms with Crippen molar-refractivity contribution in [1.82, 2.24) is 0 Å². The number of nitrogens with two attached hydrogens (primary N) is 1. The van der Waals surface area contributed by atoms with Crippen molar-refractivity contribution >= 4 is 22.8 Å². The van der Waals surface area contributed by atoms with E-state index in [2.05, 4.69) is 0 Å². The molecule has 5 rings (SSSR count). The molecule has 4 atom stereocenters. The summed E-state index contributed by atoms with van der Waals surface area (Å²) in [6.45, 7) is 4.97. The standard InChI is InChI=1S/C33H39NO10/c1-17-24(41-31-26(37)28(43-32(34)39)29(40-4)33(2,3)44-31)14-13-21-25(36)22(30(38)42-27(17)21)16-23(35)20-12-8-11-19(15-20)18-9-6-5-7-10-18/h8,11-15,18,26,28-29,31,36-37H,5-7,9-10,16H2,1-4H3,(H2,34,39)/t26-,28+,29-,31-/m1/s1. The first-order chi connectivity index (χ1) is 20.9. The van der Waals surface area contributed by atoms with E-state index in [9.17, 15) is 24.6 Å². The van der Waals surface area contributed by atoms with Crippen LogP contribution >= 0.6 is 0 Å². The Morgan fingerprint density at radius 1 is 1.11 bits per heavy atom. The quantitative estimate of drug-likeness (QED) is 0.242. The lowest BCUT2D eigenvalue weighted by atomic mass is 9.83. The Morgan fingerprint density at radius 2 is 1.84 bits per heavy atom. The number of carbonyl (C=O) groups excluding carboxylic acids is 2. The van der Waals surface area contributed by atoms with Gasteiger partial charge in [-0.25, -0.2) is 9.59 Å². The Labute approximate surface area is 254 Å². The zero-order valence-electron chi connectivity index (χ0n) is 25.3. The Kier molecular flexibility index (Phi) is 9.01. The van der Waals surface area contributed by atoms with E-state index in [4.69, 9.17) is 29.1 Å². The Hall–Kier alpha value is -3.93. The topological polar surface area (TPSA) is 168 Å². The monoisotopic (exact) mass is 609 g/mol. The third-order valence-electron chi connectivity index (χ3n) is 8.73. The fraction of sp³-hybridized carbons (Fsp3) is 0.485. The number of aliphatic hydroxyl groups is 1. The van der Waals surface area contributed by atoms with E-state index >= 15 is 0 Å². The number of primary amides is 1. The van der Waals surface area contributed by atoms with Gasteiger partial charge in [-0.2, -0.15) is 0 Å². The summed E-state index contributed by atoms with van der Waals surface area (Å²) >= 11 is 0. The molecule has 2 aliphatic rings. The fourth-order valence-electron chi connectivity index (χ4n) is 6.42. The summed E-state index contributed by atoms with van der Waals surface area (Å²) in [6, 6.07) is 10.5. The summed E-state index contributed by atoms with van der Waals surface area (Å²) in [4.78, 5) is 37.9. The first-order valence-corrected chi connectivity index (χ1v) is 14.8. The van der Waals surface area contributed by atoms with Crippen LogP contribution in [-0.4, -0.2) is 59.4 Å². The van der Waals surface area contributed by atoms with Crippen LogP contribution < -0.4 is 16.1 Å². The molecule has 11 nitrogen and oxygen atoms in total. The molecule has 0 unspecified atom stereocenters. The summed E-state index contributed by atoms with van der Waals surface area (Å²) in [5.74, 6) is -0.0498. The number of amides is 1. The number of rotatable bonds is 8. The molecule has 3 aromatic rings. The van der Waals surface area contributed by atoms with Gasteiger partial charge in [-0.05, 0) is 63.3 Å². The molecule has 11 heteroatoms. The van der Waals surface area contributed by atoms with E-state index in [0.717, 1.165) is 18.4 Å². The van der Waals surface area contributed by atoms with Gasteiger partial charge in [0.05, 0.1) is 16.6 Å². The maximum atomic E-state index is 13.3. The SMILES string of the molecule is CO[C@@H]1[C@@H](OC(N)=O)[C@@H](O)[C@H](Oc2ccc3c(O)c(CC(=O)c4cccc(C5CCCCC5)c4)c(=O)oc3c2C)OC1(C)C. The van der Waals surface area contributed by atoms with Crippen molar-refractivity contribution in [1.29, 1.82) is 0 Å². The molecule has 2 heterocycles. The van der Waals surface area contributed by atoms with Gasteiger partial charge < -0.3 is 39.3 Å². The Bertz CT molecular complexity index is 1610. The normalized spacial score (nSPS) is 23.8. The van der Waals surface area contributed by atoms with Crippen molar-refractivity contribution in [3.8, 4) is 11.5 Å². The third-order valence-corrected chi connectivity index (χ3v) is 8.73. The second-order valence-corrected chi connectivity index (χ2v) is 12.1. The summed E-state index contributed by atoms with van der Waals surface area (Å²) in [5.41, 5.74) is 5.16. The molecule has 2 aromatic carbocycles. The van der Waals surface area contributed by atoms with E-state index < -0.39 is 41.9 Å². The number of carbonyl (C=O) groups is 2. The summed E-state index contributed by atoms with van der Waals surface area (Å²) in [6.07, 6.45) is -0.516. The molecule has 4 N–H and O–H groups in total. The molecule has 1 amide bonds. The lowest BCUT2D eigenvalue weighted by Gasteiger charge is -2.47. The average Bonchev–Trinajstić information content (AvgIpc) is 2.99. The van der Waals surface area contributed by atoms with E-state index in [1.807, 2.05) is 18.2 Å². The number of hydrogen-bond donors (Lipinski definition) is 3. The third kappa shape index (κ3) is 6.17. The molecule has 1 saturated carbocycles. The van der Waals surface area contributed by atoms with Crippen LogP contribution in [0.4, 0.5) is 4.79 Å². The summed E-state index contributed by atoms with van der Waals surface area (Å²) in [7, 11) is 1.39. The number of hydrogen-bond acceptors (Lipinski definition) is 10. The van der Waals surface area contributed by atoms with Crippen molar-refractivity contribution in [3.05, 3.63) is 69.1 Å². The van der Waals surface area contributed by atoms with Crippen LogP contribution in [-0.2, 0) is 20.6 Å². The number of Topliss-reactive ketones (excluding diaryl/α,β-unsaturated/α-hetero) is 1. The first kappa shape index (κ1) is 31.5. The minimum absolute atomic E-state index is 0.0461. The number of ketones is 1. The van der Waals surface area contributed by atoms with Crippen LogP contribution in [0.5, 0.6) is 11.5 Å². The Morgan fingerprint density at radius 3 is 2.52 bits per heavy atom. The number of aryl methyl sites for hydroxylation is 1. The van der Waals surface area contributed by atoms with Gasteiger partial charge in [0.15, 0.2) is 18.0 Å². The van der Waals surface area contributed by atoms with Crippen molar-refractivity contribution in [2.75, 3.05) is 7.11 Å². The fourth-order valence-corrected chi connectivity index (χ4v) is 6.42. The summed E-state index contributed by atoms with van der Waals surface area (Å²) < 4.78 is 28.1. The molecule has 0 spiro atoms. The van der Waals surface area contributed by atoms with Crippen LogP contribution in [0, 0.1) is 6.92 Å². The zero-order chi connectivity index (χ0) is 31.8. The molecule has 1 aromatic heterocycles. The second kappa shape index (κ2) is 12.6. The van der Waals surface area contributed by atoms with Crippen molar-refractivity contribution < 1.29 is 43.2 Å². The number of aromatic hydroxyl groups is 1. The lowest BCUT2D eigenvalue weighted by Crippen LogP contribution is -2.65. The number of ether oxygens (including phenoxy) is 4. The number of methoxy groups -OCH3 is 1. The second-order valence-electron chi connectivity index (χ2n) is 12.1. The van der Waals surface area contributed by atoms with Crippen LogP contribution in [0.1, 0.15) is 78.9 Å². The van der Waals surface area contributed by atoms with Gasteiger partial charge in [0.1, 0.15) is 23.2 Å². The van der Waals surface area contributed by atoms with E-state index in [-0.39, 0.29) is 40.2 Å². The Balaban J connectivity index is 1.40. The first-order valence-electron chi connectivity index (χ1n) is 14.8. The van der Waals surface area contributed by atoms with Gasteiger partial charge in [-0.3, -0.25) is 4.79 Å². The van der Waals surface area contributed by atoms with Crippen molar-refractivity contribution in [3.63, 3.8) is 0 Å². The van der Waals surface area contributed by atoms with Gasteiger partial charge in [-0.15, -0.1) is 0 Å². The van der Waals surface area contributed by atoms with Crippen molar-refractivity contribution in [2.24, 2.45) is 5.73 Å². The highest BCUT2D eigenvalue weighted by Gasteiger charge is 2.53. The molecule has 236 valence electrons. The van der Waals surface area contributed by atoms with Gasteiger partial charge in [0.25, 0.3) is 0 Å². The smallest absolute Gasteiger partial charge is 0.404 e. The van der Waals surface area contributed by atoms with Crippen LogP contribution in [0.2, 0.25) is 0 Å². The minimum atomic E-state index is -1.49. The molecular weight excluding hydrogens is 570 g/mol. The van der Waals surface area contributed by atoms with Crippen molar-refractivity contribution in [2.45, 2.75) is 95.4 Å². The highest BCUT2D eigenvalue weighted by atomic mass is 16.7. The number of benzene rings is 2. The zero-order valence-corrected chi connectivity index (χ0v) is 25.3. The van der Waals surface area contributed by atoms with Gasteiger partial charge in [-0.1, -0.05) is 37.5 Å². The maximum absolute atomic E-state index is 13.3. The largest absolute Gasteiger partial charge is 0.507 e. The number of aliphatic hydroxyl groups excluding tert-OH is 1. The van der Waals surface area contributed by atoms with E-state index in [0.29, 0.717) is 17.0 Å². The van der Waals surface area contributed by atoms with Gasteiger partial charge in [0, 0.05) is 24.7 Å². The molecule has 1 saturated heterocycles. The van der Waals surface area contributed by atoms with Gasteiger partial charge >= 0.3 is 11.7 Å². The molecule has 2 fully saturated rings. The molecular formula is C33H39NO10. The average molecular weight is 610 g/mol. The molecule has 0 bridgehead atoms. The molecule has 1 aliphatic carbocycles. The summed E-state index contributed by atoms with van der Waals surface area (Å²) in [5, 5.41) is 22.3. The van der Waals surface area contributed by atoms with Crippen LogP contribution in [0.25, 0.3) is 11.0 Å². The van der Waals surface area contributed by atoms with Crippen LogP contribution in [0.15, 0.2) is 45.6 Å². The van der Waals surface area contributed by atoms with Gasteiger partial charge in [0.2, 0.25) is 6.29 Å². The molecule has 1 aliphatic heterocycles. The minimum Gasteiger partial charge on any atom is -0.507 e. The van der Waals surface area contributed by atoms with Crippen LogP contribution in [0.3, 0.4) is 0 Å². The van der Waals surface area contributed by atoms with E-state index in [1.165, 1.54) is 38.5 Å². The molecule has 0 radical (unpaired) electrons. The predicted molar refractivity (Wildman–Crippen MR) is 160 cm³/mol. The molecule has 44 heavy (non-hydrogen) atoms. The predicted octanol–water partition coefficient (Wildman–Crippen LogP) is 4.63. The highest BCUT2D eigenvalue weighted by molar-refractivity contribution is 5.99. The number of fused-ring (bicyclic) bond motifs is 1. The maximum Gasteiger partial charge on any atom is 0.404 e. The highest BCUT2D eigenvalue weighted by Crippen LogP contribution is 2.38. The van der Waals surface area contributed by atoms with E-state index in [1.54, 1.807) is 26.8 Å².